The summed E-state index contributed by atoms with van der Waals surface area (Å²) in [7, 11) is -9.93. The molecule has 0 aromatic heterocycles. The topological polar surface area (TPSA) is 237 Å². The normalized spacial score (nSPS) is 13.8. The van der Waals surface area contributed by atoms with Gasteiger partial charge in [-0.25, -0.2) is 9.13 Å². The Kier molecular flexibility index (Phi) is 79.8. The molecule has 2 unspecified atom stereocenters. The molecule has 0 aromatic carbocycles. The first-order chi connectivity index (χ1) is 52.9. The van der Waals surface area contributed by atoms with E-state index in [1.165, 1.54) is 302 Å². The lowest BCUT2D eigenvalue weighted by Crippen LogP contribution is -2.30. The van der Waals surface area contributed by atoms with Crippen molar-refractivity contribution in [1.82, 2.24) is 0 Å². The number of phosphoric acid groups is 2. The second-order valence-electron chi connectivity index (χ2n) is 33.3. The summed E-state index contributed by atoms with van der Waals surface area (Å²) in [6.45, 7) is 9.74. The van der Waals surface area contributed by atoms with Gasteiger partial charge in [-0.1, -0.05) is 433 Å². The Balaban J connectivity index is 5.23. The predicted octanol–water partition coefficient (Wildman–Crippen LogP) is 27.8. The maximum atomic E-state index is 13.2. The molecule has 0 aliphatic heterocycles. The van der Waals surface area contributed by atoms with E-state index < -0.39 is 97.5 Å². The Labute approximate surface area is 670 Å². The van der Waals surface area contributed by atoms with Crippen LogP contribution in [0.4, 0.5) is 0 Å². The number of ether oxygens (including phenoxy) is 4. The summed E-state index contributed by atoms with van der Waals surface area (Å²) in [5.74, 6) is -0.489. The van der Waals surface area contributed by atoms with E-state index in [-0.39, 0.29) is 25.7 Å². The molecule has 0 rings (SSSR count). The van der Waals surface area contributed by atoms with Gasteiger partial charge in [-0.05, 0) is 37.5 Å². The number of unbranched alkanes of at least 4 members (excludes halogenated alkanes) is 59. The zero-order valence-corrected chi connectivity index (χ0v) is 73.7. The molecule has 3 N–H and O–H groups in total. The number of aliphatic hydroxyl groups excluding tert-OH is 1. The van der Waals surface area contributed by atoms with Crippen molar-refractivity contribution in [1.29, 1.82) is 0 Å². The van der Waals surface area contributed by atoms with Gasteiger partial charge in [-0.15, -0.1) is 0 Å². The summed E-state index contributed by atoms with van der Waals surface area (Å²) < 4.78 is 69.0. The van der Waals surface area contributed by atoms with Crippen molar-refractivity contribution in [2.24, 2.45) is 11.8 Å². The van der Waals surface area contributed by atoms with E-state index in [1.807, 2.05) is 0 Å². The highest BCUT2D eigenvalue weighted by molar-refractivity contribution is 7.47. The zero-order chi connectivity index (χ0) is 79.9. The highest BCUT2D eigenvalue weighted by Crippen LogP contribution is 2.45. The van der Waals surface area contributed by atoms with Gasteiger partial charge in [0.05, 0.1) is 26.4 Å². The molecule has 0 aromatic rings. The average Bonchev–Trinajstić information content (AvgIpc) is 0.898. The standard InChI is InChI=1S/C90H176O17P2/c1-7-9-11-13-15-17-19-20-21-22-23-24-25-26-27-32-38-44-50-56-62-68-74-89(94)107-86(79-101-88(93)73-67-61-55-49-43-37-31-29-28-30-35-41-46-52-58-64-70-82(3)4)81-105-109(98,99)103-77-84(91)76-102-108(96,97)104-80-85(78-100-87(92)72-66-60-54-48-40-18-16-14-12-10-8-2)106-90(95)75-69-63-57-51-45-39-34-33-36-42-47-53-59-65-71-83(5)6/h82-86,91H,7-81H2,1-6H3,(H,96,97)(H,98,99)/t84-,85+,86+/m0/s1. The van der Waals surface area contributed by atoms with Crippen LogP contribution in [0.3, 0.4) is 0 Å². The van der Waals surface area contributed by atoms with E-state index in [9.17, 15) is 43.2 Å². The largest absolute Gasteiger partial charge is 0.472 e. The van der Waals surface area contributed by atoms with Crippen molar-refractivity contribution in [2.75, 3.05) is 39.6 Å². The lowest BCUT2D eigenvalue weighted by Gasteiger charge is -2.21. The third-order valence-electron chi connectivity index (χ3n) is 21.2. The molecule has 5 atom stereocenters. The maximum Gasteiger partial charge on any atom is 0.472 e. The molecular weight excluding hydrogens is 1410 g/mol. The van der Waals surface area contributed by atoms with Gasteiger partial charge in [-0.2, -0.15) is 0 Å². The summed E-state index contributed by atoms with van der Waals surface area (Å²) in [5, 5.41) is 10.7. The number of phosphoric ester groups is 2. The van der Waals surface area contributed by atoms with Crippen molar-refractivity contribution in [3.8, 4) is 0 Å². The molecular formula is C90H176O17P2. The minimum Gasteiger partial charge on any atom is -0.462 e. The van der Waals surface area contributed by atoms with Crippen LogP contribution in [0.2, 0.25) is 0 Å². The molecule has 109 heavy (non-hydrogen) atoms. The minimum absolute atomic E-state index is 0.108. The Hall–Kier alpha value is -1.94. The smallest absolute Gasteiger partial charge is 0.462 e. The first-order valence-corrected chi connectivity index (χ1v) is 49.5. The van der Waals surface area contributed by atoms with Gasteiger partial charge in [0.2, 0.25) is 0 Å². The third kappa shape index (κ3) is 83.8. The number of rotatable bonds is 89. The first-order valence-electron chi connectivity index (χ1n) is 46.5. The van der Waals surface area contributed by atoms with E-state index in [1.54, 1.807) is 0 Å². The van der Waals surface area contributed by atoms with Crippen molar-refractivity contribution < 1.29 is 80.2 Å². The molecule has 0 aliphatic carbocycles. The summed E-state index contributed by atoms with van der Waals surface area (Å²) in [6, 6.07) is 0. The number of hydrogen-bond donors (Lipinski definition) is 3. The van der Waals surface area contributed by atoms with Crippen molar-refractivity contribution in [3.05, 3.63) is 0 Å². The molecule has 0 spiro atoms. The predicted molar refractivity (Wildman–Crippen MR) is 451 cm³/mol. The third-order valence-corrected chi connectivity index (χ3v) is 23.1. The maximum absolute atomic E-state index is 13.2. The molecule has 0 aliphatic rings. The van der Waals surface area contributed by atoms with E-state index in [4.69, 9.17) is 37.0 Å². The Morgan fingerprint density at radius 2 is 0.422 bits per heavy atom. The lowest BCUT2D eigenvalue weighted by molar-refractivity contribution is -0.161. The van der Waals surface area contributed by atoms with E-state index in [2.05, 4.69) is 41.5 Å². The molecule has 648 valence electrons. The van der Waals surface area contributed by atoms with Gasteiger partial charge in [-0.3, -0.25) is 37.3 Å². The van der Waals surface area contributed by atoms with Gasteiger partial charge in [0, 0.05) is 25.7 Å². The molecule has 0 radical (unpaired) electrons. The van der Waals surface area contributed by atoms with Crippen LogP contribution < -0.4 is 0 Å². The van der Waals surface area contributed by atoms with Gasteiger partial charge in [0.1, 0.15) is 19.3 Å². The first kappa shape index (κ1) is 107. The fourth-order valence-corrected chi connectivity index (χ4v) is 15.7. The highest BCUT2D eigenvalue weighted by Gasteiger charge is 2.31. The number of carbonyl (C=O) groups excluding carboxylic acids is 4. The number of esters is 4. The quantitative estimate of drug-likeness (QED) is 0.0222. The SMILES string of the molecule is CCCCCCCCCCCCCCCCCCCCCCCCC(=O)O[C@H](COC(=O)CCCCCCCCCCCCCCCCCCC(C)C)COP(=O)(O)OC[C@@H](O)COP(=O)(O)OC[C@@H](COC(=O)CCCCCCCCCCCCC)OC(=O)CCCCCCCCCCCCCCCCC(C)C. The van der Waals surface area contributed by atoms with Gasteiger partial charge in [0.15, 0.2) is 12.2 Å². The van der Waals surface area contributed by atoms with Crippen LogP contribution in [-0.4, -0.2) is 96.7 Å². The van der Waals surface area contributed by atoms with Gasteiger partial charge >= 0.3 is 39.5 Å². The molecule has 0 fully saturated rings. The molecule has 0 bridgehead atoms. The number of aliphatic hydroxyl groups is 1. The molecule has 19 heteroatoms. The van der Waals surface area contributed by atoms with Crippen LogP contribution in [0.5, 0.6) is 0 Å². The van der Waals surface area contributed by atoms with Crippen LogP contribution in [0.15, 0.2) is 0 Å². The van der Waals surface area contributed by atoms with Crippen LogP contribution >= 0.6 is 15.6 Å². The van der Waals surface area contributed by atoms with Crippen molar-refractivity contribution in [2.45, 2.75) is 503 Å². The monoisotopic (exact) mass is 1590 g/mol. The average molecular weight is 1590 g/mol. The summed E-state index contributed by atoms with van der Waals surface area (Å²) in [5.41, 5.74) is 0. The van der Waals surface area contributed by atoms with E-state index >= 15 is 0 Å². The Bertz CT molecular complexity index is 2080. The van der Waals surface area contributed by atoms with Crippen LogP contribution in [0.1, 0.15) is 485 Å². The van der Waals surface area contributed by atoms with Crippen molar-refractivity contribution >= 4 is 39.5 Å². The van der Waals surface area contributed by atoms with Crippen LogP contribution in [-0.2, 0) is 65.4 Å². The molecule has 0 amide bonds. The van der Waals surface area contributed by atoms with E-state index in [0.29, 0.717) is 25.7 Å². The molecule has 0 saturated carbocycles. The van der Waals surface area contributed by atoms with E-state index in [0.717, 1.165) is 102 Å². The highest BCUT2D eigenvalue weighted by atomic mass is 31.2. The fourth-order valence-electron chi connectivity index (χ4n) is 14.1. The Morgan fingerprint density at radius 1 is 0.248 bits per heavy atom. The van der Waals surface area contributed by atoms with Gasteiger partial charge < -0.3 is 33.8 Å². The summed E-state index contributed by atoms with van der Waals surface area (Å²) in [4.78, 5) is 73.4. The molecule has 17 nitrogen and oxygen atoms in total. The molecule has 0 saturated heterocycles. The summed E-state index contributed by atoms with van der Waals surface area (Å²) in [6.07, 6.45) is 75.0. The number of hydrogen-bond acceptors (Lipinski definition) is 15. The fraction of sp³-hybridized carbons (Fsp3) is 0.956. The number of carbonyl (C=O) groups is 4. The minimum atomic E-state index is -4.97. The second-order valence-corrected chi connectivity index (χ2v) is 36.2. The van der Waals surface area contributed by atoms with Crippen LogP contribution in [0, 0.1) is 11.8 Å². The van der Waals surface area contributed by atoms with Crippen LogP contribution in [0.25, 0.3) is 0 Å². The summed E-state index contributed by atoms with van der Waals surface area (Å²) >= 11 is 0. The zero-order valence-electron chi connectivity index (χ0n) is 71.9. The second kappa shape index (κ2) is 81.2. The lowest BCUT2D eigenvalue weighted by atomic mass is 10.0. The van der Waals surface area contributed by atoms with Gasteiger partial charge in [0.25, 0.3) is 0 Å². The Morgan fingerprint density at radius 3 is 0.624 bits per heavy atom. The van der Waals surface area contributed by atoms with Crippen molar-refractivity contribution in [3.63, 3.8) is 0 Å². The molecule has 0 heterocycles.